The van der Waals surface area contributed by atoms with Gasteiger partial charge in [-0.3, -0.25) is 0 Å². The highest BCUT2D eigenvalue weighted by Crippen LogP contribution is 2.29. The Morgan fingerprint density at radius 1 is 1.22 bits per heavy atom. The Morgan fingerprint density at radius 3 is 2.61 bits per heavy atom. The third-order valence-corrected chi connectivity index (χ3v) is 5.26. The van der Waals surface area contributed by atoms with Gasteiger partial charge in [0.1, 0.15) is 10.8 Å². The summed E-state index contributed by atoms with van der Waals surface area (Å²) in [6.07, 6.45) is 0. The molecular formula is C17H16FN3S2. The topological polar surface area (TPSA) is 28.2 Å². The number of thiocarbonyl (C=S) groups is 1. The summed E-state index contributed by atoms with van der Waals surface area (Å²) in [4.78, 5) is 6.63. The van der Waals surface area contributed by atoms with Gasteiger partial charge in [-0.1, -0.05) is 12.1 Å². The Hall–Kier alpha value is -2.05. The molecule has 1 aromatic heterocycles. The molecule has 0 radical (unpaired) electrons. The van der Waals surface area contributed by atoms with Gasteiger partial charge in [0.15, 0.2) is 5.11 Å². The van der Waals surface area contributed by atoms with Crippen molar-refractivity contribution in [2.45, 2.75) is 13.0 Å². The lowest BCUT2D eigenvalue weighted by Crippen LogP contribution is -2.33. The van der Waals surface area contributed by atoms with Crippen molar-refractivity contribution in [1.82, 2.24) is 9.88 Å². The van der Waals surface area contributed by atoms with E-state index in [1.165, 1.54) is 16.8 Å². The van der Waals surface area contributed by atoms with E-state index in [9.17, 15) is 4.39 Å². The number of thiazole rings is 1. The summed E-state index contributed by atoms with van der Waals surface area (Å²) in [7, 11) is 1.93. The summed E-state index contributed by atoms with van der Waals surface area (Å²) in [6, 6.07) is 14.3. The first kappa shape index (κ1) is 15.8. The number of hydrogen-bond acceptors (Lipinski definition) is 3. The number of halogens is 1. The normalized spacial score (nSPS) is 12.1. The van der Waals surface area contributed by atoms with E-state index in [2.05, 4.69) is 23.3 Å². The van der Waals surface area contributed by atoms with Crippen LogP contribution >= 0.6 is 23.6 Å². The van der Waals surface area contributed by atoms with Crippen LogP contribution in [0.4, 0.5) is 10.1 Å². The van der Waals surface area contributed by atoms with Crippen LogP contribution in [0.3, 0.4) is 0 Å². The van der Waals surface area contributed by atoms with E-state index >= 15 is 0 Å². The molecule has 1 atom stereocenters. The van der Waals surface area contributed by atoms with Crippen LogP contribution in [0.1, 0.15) is 18.0 Å². The molecular weight excluding hydrogens is 329 g/mol. The lowest BCUT2D eigenvalue weighted by atomic mass is 10.3. The number of anilines is 1. The predicted molar refractivity (Wildman–Crippen MR) is 98.4 cm³/mol. The van der Waals surface area contributed by atoms with Gasteiger partial charge in [0.05, 0.1) is 16.3 Å². The molecule has 118 valence electrons. The van der Waals surface area contributed by atoms with Crippen LogP contribution in [0.5, 0.6) is 0 Å². The van der Waals surface area contributed by atoms with Crippen molar-refractivity contribution in [3.63, 3.8) is 0 Å². The number of nitrogens with one attached hydrogen (secondary N) is 1. The molecule has 0 aliphatic carbocycles. The van der Waals surface area contributed by atoms with E-state index in [1.54, 1.807) is 23.5 Å². The Kier molecular flexibility index (Phi) is 4.54. The van der Waals surface area contributed by atoms with E-state index in [0.717, 1.165) is 16.2 Å². The molecule has 0 saturated carbocycles. The number of para-hydroxylation sites is 1. The Morgan fingerprint density at radius 2 is 1.91 bits per heavy atom. The molecule has 0 saturated heterocycles. The molecule has 3 aromatic rings. The van der Waals surface area contributed by atoms with E-state index in [-0.39, 0.29) is 11.9 Å². The van der Waals surface area contributed by atoms with Crippen molar-refractivity contribution in [1.29, 1.82) is 0 Å². The molecule has 23 heavy (non-hydrogen) atoms. The van der Waals surface area contributed by atoms with E-state index in [4.69, 9.17) is 12.2 Å². The minimum atomic E-state index is -0.266. The summed E-state index contributed by atoms with van der Waals surface area (Å²) < 4.78 is 14.1. The minimum absolute atomic E-state index is 0.0489. The zero-order valence-electron chi connectivity index (χ0n) is 12.8. The van der Waals surface area contributed by atoms with Gasteiger partial charge in [0.2, 0.25) is 0 Å². The van der Waals surface area contributed by atoms with E-state index in [0.29, 0.717) is 5.11 Å². The molecule has 2 aromatic carbocycles. The van der Waals surface area contributed by atoms with Crippen LogP contribution in [0.15, 0.2) is 48.5 Å². The SMILES string of the molecule is C[C@@H](c1nc2ccccc2s1)N(C)C(=S)Nc1ccc(F)cc1. The second-order valence-corrected chi connectivity index (χ2v) is 6.69. The molecule has 0 unspecified atom stereocenters. The highest BCUT2D eigenvalue weighted by atomic mass is 32.1. The molecule has 0 fully saturated rings. The second kappa shape index (κ2) is 6.60. The van der Waals surface area contributed by atoms with Crippen molar-refractivity contribution < 1.29 is 4.39 Å². The van der Waals surface area contributed by atoms with Gasteiger partial charge in [-0.2, -0.15) is 0 Å². The zero-order chi connectivity index (χ0) is 16.4. The smallest absolute Gasteiger partial charge is 0.173 e. The van der Waals surface area contributed by atoms with E-state index in [1.807, 2.05) is 30.1 Å². The fraction of sp³-hybridized carbons (Fsp3) is 0.176. The molecule has 3 nitrogen and oxygen atoms in total. The largest absolute Gasteiger partial charge is 0.343 e. The van der Waals surface area contributed by atoms with Gasteiger partial charge < -0.3 is 10.2 Å². The van der Waals surface area contributed by atoms with Crippen molar-refractivity contribution in [3.8, 4) is 0 Å². The lowest BCUT2D eigenvalue weighted by molar-refractivity contribution is 0.407. The lowest BCUT2D eigenvalue weighted by Gasteiger charge is -2.26. The van der Waals surface area contributed by atoms with Crippen LogP contribution in [-0.4, -0.2) is 22.0 Å². The molecule has 0 spiro atoms. The van der Waals surface area contributed by atoms with Crippen LogP contribution in [0.2, 0.25) is 0 Å². The molecule has 1 heterocycles. The van der Waals surface area contributed by atoms with Crippen LogP contribution in [0.25, 0.3) is 10.2 Å². The maximum Gasteiger partial charge on any atom is 0.173 e. The van der Waals surface area contributed by atoms with Gasteiger partial charge >= 0.3 is 0 Å². The van der Waals surface area contributed by atoms with Crippen LogP contribution in [-0.2, 0) is 0 Å². The first-order valence-corrected chi connectivity index (χ1v) is 8.42. The van der Waals surface area contributed by atoms with Crippen LogP contribution in [0, 0.1) is 5.82 Å². The first-order valence-electron chi connectivity index (χ1n) is 7.19. The molecule has 0 aliphatic heterocycles. The summed E-state index contributed by atoms with van der Waals surface area (Å²) in [5.74, 6) is -0.266. The molecule has 1 N–H and O–H groups in total. The van der Waals surface area contributed by atoms with Gasteiger partial charge in [0.25, 0.3) is 0 Å². The minimum Gasteiger partial charge on any atom is -0.343 e. The van der Waals surface area contributed by atoms with Gasteiger partial charge in [0, 0.05) is 12.7 Å². The fourth-order valence-electron chi connectivity index (χ4n) is 2.16. The second-order valence-electron chi connectivity index (χ2n) is 5.24. The highest BCUT2D eigenvalue weighted by molar-refractivity contribution is 7.80. The number of hydrogen-bond donors (Lipinski definition) is 1. The monoisotopic (exact) mass is 345 g/mol. The molecule has 0 aliphatic rings. The third kappa shape index (κ3) is 3.48. The van der Waals surface area contributed by atoms with Gasteiger partial charge in [-0.25, -0.2) is 9.37 Å². The van der Waals surface area contributed by atoms with Crippen molar-refractivity contribution in [3.05, 3.63) is 59.4 Å². The first-order chi connectivity index (χ1) is 11.0. The summed E-state index contributed by atoms with van der Waals surface area (Å²) in [5.41, 5.74) is 1.77. The third-order valence-electron chi connectivity index (χ3n) is 3.66. The van der Waals surface area contributed by atoms with Crippen molar-refractivity contribution in [2.75, 3.05) is 12.4 Å². The summed E-state index contributed by atoms with van der Waals surface area (Å²) >= 11 is 7.12. The van der Waals surface area contributed by atoms with Crippen LogP contribution < -0.4 is 5.32 Å². The zero-order valence-corrected chi connectivity index (χ0v) is 14.4. The van der Waals surface area contributed by atoms with Gasteiger partial charge in [-0.05, 0) is 55.5 Å². The Bertz CT molecular complexity index is 796. The molecule has 3 rings (SSSR count). The summed E-state index contributed by atoms with van der Waals surface area (Å²) in [6.45, 7) is 2.07. The highest BCUT2D eigenvalue weighted by Gasteiger charge is 2.18. The van der Waals surface area contributed by atoms with Crippen molar-refractivity contribution in [2.24, 2.45) is 0 Å². The quantitative estimate of drug-likeness (QED) is 0.689. The number of aromatic nitrogens is 1. The summed E-state index contributed by atoms with van der Waals surface area (Å²) in [5, 5.41) is 4.70. The molecule has 0 amide bonds. The maximum atomic E-state index is 13.0. The Balaban J connectivity index is 1.74. The van der Waals surface area contributed by atoms with E-state index < -0.39 is 0 Å². The predicted octanol–water partition coefficient (Wildman–Crippen LogP) is 4.83. The molecule has 6 heteroatoms. The maximum absolute atomic E-state index is 13.0. The number of nitrogens with zero attached hydrogens (tertiary/aromatic N) is 2. The Labute approximate surface area is 143 Å². The average molecular weight is 345 g/mol. The number of fused-ring (bicyclic) bond motifs is 1. The standard InChI is InChI=1S/C17H16FN3S2/c1-11(16-20-14-5-3-4-6-15(14)23-16)21(2)17(22)19-13-9-7-12(18)8-10-13/h3-11H,1-2H3,(H,19,22)/t11-/m0/s1. The fourth-order valence-corrected chi connectivity index (χ4v) is 3.49. The number of rotatable bonds is 3. The van der Waals surface area contributed by atoms with Crippen molar-refractivity contribution >= 4 is 44.6 Å². The number of benzene rings is 2. The van der Waals surface area contributed by atoms with Gasteiger partial charge in [-0.15, -0.1) is 11.3 Å². The molecule has 0 bridgehead atoms. The average Bonchev–Trinajstić information content (AvgIpc) is 2.99.